The summed E-state index contributed by atoms with van der Waals surface area (Å²) >= 11 is 1.87. The summed E-state index contributed by atoms with van der Waals surface area (Å²) in [6.45, 7) is 4.79. The highest BCUT2D eigenvalue weighted by atomic mass is 32.2. The van der Waals surface area contributed by atoms with Crippen LogP contribution in [0.3, 0.4) is 0 Å². The first-order valence-electron chi connectivity index (χ1n) is 5.84. The Hall–Kier alpha value is -0.740. The van der Waals surface area contributed by atoms with E-state index < -0.39 is 0 Å². The van der Waals surface area contributed by atoms with E-state index in [1.165, 1.54) is 0 Å². The lowest BCUT2D eigenvalue weighted by atomic mass is 10.2. The van der Waals surface area contributed by atoms with Gasteiger partial charge in [-0.3, -0.25) is 0 Å². The number of rotatable bonds is 4. The Morgan fingerprint density at radius 2 is 2.25 bits per heavy atom. The van der Waals surface area contributed by atoms with Gasteiger partial charge in [0.05, 0.1) is 5.03 Å². The SMILES string of the molecule is CCNc1cccc(SC2CCOCC2)n1. The van der Waals surface area contributed by atoms with Gasteiger partial charge in [0, 0.05) is 25.0 Å². The van der Waals surface area contributed by atoms with Crippen LogP contribution in [-0.4, -0.2) is 30.0 Å². The number of hydrogen-bond donors (Lipinski definition) is 1. The van der Waals surface area contributed by atoms with Crippen LogP contribution in [0.2, 0.25) is 0 Å². The van der Waals surface area contributed by atoms with Crippen molar-refractivity contribution >= 4 is 17.6 Å². The van der Waals surface area contributed by atoms with Crippen LogP contribution in [0.1, 0.15) is 19.8 Å². The van der Waals surface area contributed by atoms with Gasteiger partial charge < -0.3 is 10.1 Å². The lowest BCUT2D eigenvalue weighted by molar-refractivity contribution is 0.1000. The molecular formula is C12H18N2OS. The second kappa shape index (κ2) is 6.11. The van der Waals surface area contributed by atoms with Crippen LogP contribution in [0, 0.1) is 0 Å². The number of nitrogens with zero attached hydrogens (tertiary/aromatic N) is 1. The Morgan fingerprint density at radius 1 is 1.44 bits per heavy atom. The normalized spacial score (nSPS) is 17.3. The maximum Gasteiger partial charge on any atom is 0.127 e. The zero-order valence-electron chi connectivity index (χ0n) is 9.61. The summed E-state index contributed by atoms with van der Waals surface area (Å²) in [6, 6.07) is 6.16. The molecule has 0 saturated carbocycles. The van der Waals surface area contributed by atoms with E-state index in [9.17, 15) is 0 Å². The standard InChI is InChI=1S/C12H18N2OS/c1-2-13-11-4-3-5-12(14-11)16-10-6-8-15-9-7-10/h3-5,10H,2,6-9H2,1H3,(H,13,14). The lowest BCUT2D eigenvalue weighted by Crippen LogP contribution is -2.17. The first-order valence-corrected chi connectivity index (χ1v) is 6.72. The van der Waals surface area contributed by atoms with Gasteiger partial charge in [-0.1, -0.05) is 6.07 Å². The molecule has 0 amide bonds. The molecule has 0 spiro atoms. The number of thioether (sulfide) groups is 1. The van der Waals surface area contributed by atoms with Crippen molar-refractivity contribution in [2.24, 2.45) is 0 Å². The lowest BCUT2D eigenvalue weighted by Gasteiger charge is -2.21. The Labute approximate surface area is 101 Å². The minimum atomic E-state index is 0.665. The van der Waals surface area contributed by atoms with Crippen LogP contribution in [0.4, 0.5) is 5.82 Å². The molecule has 1 aromatic heterocycles. The van der Waals surface area contributed by atoms with Gasteiger partial charge in [-0.2, -0.15) is 0 Å². The molecule has 0 aromatic carbocycles. The van der Waals surface area contributed by atoms with E-state index in [1.807, 2.05) is 17.8 Å². The Balaban J connectivity index is 1.94. The third-order valence-electron chi connectivity index (χ3n) is 2.54. The first kappa shape index (κ1) is 11.7. The summed E-state index contributed by atoms with van der Waals surface area (Å²) < 4.78 is 5.35. The monoisotopic (exact) mass is 238 g/mol. The van der Waals surface area contributed by atoms with Gasteiger partial charge in [0.2, 0.25) is 0 Å². The van der Waals surface area contributed by atoms with Crippen molar-refractivity contribution in [3.05, 3.63) is 18.2 Å². The van der Waals surface area contributed by atoms with E-state index in [0.29, 0.717) is 5.25 Å². The van der Waals surface area contributed by atoms with Crippen molar-refractivity contribution in [3.8, 4) is 0 Å². The smallest absolute Gasteiger partial charge is 0.127 e. The molecule has 1 fully saturated rings. The third-order valence-corrected chi connectivity index (χ3v) is 3.81. The van der Waals surface area contributed by atoms with Crippen LogP contribution in [0.15, 0.2) is 23.2 Å². The molecule has 0 radical (unpaired) electrons. The highest BCUT2D eigenvalue weighted by Gasteiger charge is 2.15. The Bertz CT molecular complexity index is 327. The molecule has 1 N–H and O–H groups in total. The predicted octanol–water partition coefficient (Wildman–Crippen LogP) is 2.78. The molecule has 88 valence electrons. The number of ether oxygens (including phenoxy) is 1. The number of hydrogen-bond acceptors (Lipinski definition) is 4. The van der Waals surface area contributed by atoms with Crippen molar-refractivity contribution in [1.82, 2.24) is 4.98 Å². The molecule has 0 atom stereocenters. The van der Waals surface area contributed by atoms with E-state index in [0.717, 1.165) is 43.4 Å². The molecule has 1 aliphatic rings. The third kappa shape index (κ3) is 3.39. The Kier molecular flexibility index (Phi) is 4.48. The van der Waals surface area contributed by atoms with Crippen molar-refractivity contribution in [2.75, 3.05) is 25.1 Å². The van der Waals surface area contributed by atoms with Gasteiger partial charge in [0.15, 0.2) is 0 Å². The van der Waals surface area contributed by atoms with Crippen LogP contribution >= 0.6 is 11.8 Å². The number of nitrogens with one attached hydrogen (secondary N) is 1. The highest BCUT2D eigenvalue weighted by Crippen LogP contribution is 2.28. The summed E-state index contributed by atoms with van der Waals surface area (Å²) in [5, 5.41) is 5.02. The maximum absolute atomic E-state index is 5.35. The summed E-state index contributed by atoms with van der Waals surface area (Å²) in [5.74, 6) is 0.972. The largest absolute Gasteiger partial charge is 0.381 e. The van der Waals surface area contributed by atoms with E-state index in [4.69, 9.17) is 4.74 Å². The van der Waals surface area contributed by atoms with Crippen molar-refractivity contribution in [1.29, 1.82) is 0 Å². The molecule has 1 aliphatic heterocycles. The summed E-state index contributed by atoms with van der Waals surface area (Å²) in [7, 11) is 0. The first-order chi connectivity index (χ1) is 7.88. The van der Waals surface area contributed by atoms with Crippen LogP contribution < -0.4 is 5.32 Å². The molecule has 3 nitrogen and oxygen atoms in total. The van der Waals surface area contributed by atoms with Gasteiger partial charge in [-0.15, -0.1) is 11.8 Å². The quantitative estimate of drug-likeness (QED) is 0.874. The average Bonchev–Trinajstić information content (AvgIpc) is 2.31. The summed E-state index contributed by atoms with van der Waals surface area (Å²) in [4.78, 5) is 4.57. The van der Waals surface area contributed by atoms with Crippen molar-refractivity contribution in [2.45, 2.75) is 30.0 Å². The topological polar surface area (TPSA) is 34.1 Å². The van der Waals surface area contributed by atoms with Gasteiger partial charge in [-0.05, 0) is 31.9 Å². The second-order valence-corrected chi connectivity index (χ2v) is 5.14. The van der Waals surface area contributed by atoms with E-state index in [-0.39, 0.29) is 0 Å². The zero-order valence-corrected chi connectivity index (χ0v) is 10.4. The van der Waals surface area contributed by atoms with Crippen LogP contribution in [0.25, 0.3) is 0 Å². The molecule has 2 heterocycles. The zero-order chi connectivity index (χ0) is 11.2. The molecule has 0 bridgehead atoms. The van der Waals surface area contributed by atoms with Crippen LogP contribution in [0.5, 0.6) is 0 Å². The van der Waals surface area contributed by atoms with E-state index in [2.05, 4.69) is 29.4 Å². The van der Waals surface area contributed by atoms with Crippen LogP contribution in [-0.2, 0) is 4.74 Å². The fourth-order valence-corrected chi connectivity index (χ4v) is 2.80. The summed E-state index contributed by atoms with van der Waals surface area (Å²) in [6.07, 6.45) is 2.27. The molecule has 4 heteroatoms. The molecular weight excluding hydrogens is 220 g/mol. The van der Waals surface area contributed by atoms with E-state index >= 15 is 0 Å². The number of aromatic nitrogens is 1. The predicted molar refractivity (Wildman–Crippen MR) is 68.1 cm³/mol. The highest BCUT2D eigenvalue weighted by molar-refractivity contribution is 7.99. The second-order valence-electron chi connectivity index (χ2n) is 3.82. The van der Waals surface area contributed by atoms with Gasteiger partial charge in [0.1, 0.15) is 5.82 Å². The summed E-state index contributed by atoms with van der Waals surface area (Å²) in [5.41, 5.74) is 0. The molecule has 2 rings (SSSR count). The van der Waals surface area contributed by atoms with Crippen molar-refractivity contribution < 1.29 is 4.74 Å². The molecule has 0 unspecified atom stereocenters. The van der Waals surface area contributed by atoms with Crippen molar-refractivity contribution in [3.63, 3.8) is 0 Å². The average molecular weight is 238 g/mol. The molecule has 16 heavy (non-hydrogen) atoms. The molecule has 1 saturated heterocycles. The number of anilines is 1. The number of pyridine rings is 1. The molecule has 1 aromatic rings. The minimum absolute atomic E-state index is 0.665. The van der Waals surface area contributed by atoms with Gasteiger partial charge in [-0.25, -0.2) is 4.98 Å². The Morgan fingerprint density at radius 3 is 3.00 bits per heavy atom. The van der Waals surface area contributed by atoms with E-state index in [1.54, 1.807) is 0 Å². The fraction of sp³-hybridized carbons (Fsp3) is 0.583. The van der Waals surface area contributed by atoms with Gasteiger partial charge >= 0.3 is 0 Å². The fourth-order valence-electron chi connectivity index (χ4n) is 1.72. The minimum Gasteiger partial charge on any atom is -0.381 e. The maximum atomic E-state index is 5.35. The molecule has 0 aliphatic carbocycles. The van der Waals surface area contributed by atoms with Gasteiger partial charge in [0.25, 0.3) is 0 Å².